The molecular formula is C27H28ClF3N4O3. The summed E-state index contributed by atoms with van der Waals surface area (Å²) in [5, 5.41) is 10.9. The van der Waals surface area contributed by atoms with Gasteiger partial charge in [0.15, 0.2) is 5.56 Å². The number of nitrogens with zero attached hydrogens (tertiary/aromatic N) is 4. The van der Waals surface area contributed by atoms with Gasteiger partial charge in [-0.3, -0.25) is 19.1 Å². The van der Waals surface area contributed by atoms with Gasteiger partial charge in [-0.2, -0.15) is 4.98 Å². The lowest BCUT2D eigenvalue weighted by Gasteiger charge is -2.24. The third-order valence-corrected chi connectivity index (χ3v) is 7.01. The molecular weight excluding hydrogens is 521 g/mol. The molecule has 0 aliphatic carbocycles. The Morgan fingerprint density at radius 1 is 1.18 bits per heavy atom. The van der Waals surface area contributed by atoms with Crippen molar-refractivity contribution in [2.45, 2.75) is 57.9 Å². The fraction of sp³-hybridized carbons (Fsp3) is 0.407. The molecule has 1 amide bonds. The van der Waals surface area contributed by atoms with E-state index in [0.717, 1.165) is 30.7 Å². The number of benzene rings is 1. The highest BCUT2D eigenvalue weighted by molar-refractivity contribution is 6.30. The van der Waals surface area contributed by atoms with E-state index in [1.807, 2.05) is 6.92 Å². The number of carbonyl (C=O) groups is 1. The normalized spacial score (nSPS) is 16.2. The average Bonchev–Trinajstić information content (AvgIpc) is 3.34. The standard InChI is InChI=1S/C27H28ClF3N4O3/c1-3-5-6-22-33-25(36)23(27(38)35(22)21(4-2)16-9-18(29)12-19(30)10-16)26(37)34-8-7-15(14-34)24-20(31)11-17(28)13-32-24/h9-13,15,21,36H,3-8,14H2,1-2H3/t15?,21-/m0/s1. The Kier molecular flexibility index (Phi) is 8.40. The molecule has 0 radical (unpaired) electrons. The summed E-state index contributed by atoms with van der Waals surface area (Å²) in [6.45, 7) is 3.97. The SMILES string of the molecule is CCCCc1nc(O)c(C(=O)N2CCC(c3ncc(Cl)cc3F)C2)c(=O)n1[C@@H](CC)c1cc(F)cc(F)c1. The van der Waals surface area contributed by atoms with Crippen molar-refractivity contribution >= 4 is 17.5 Å². The molecule has 1 N–H and O–H groups in total. The summed E-state index contributed by atoms with van der Waals surface area (Å²) in [7, 11) is 0. The van der Waals surface area contributed by atoms with Crippen molar-refractivity contribution in [3.05, 3.63) is 85.9 Å². The highest BCUT2D eigenvalue weighted by Gasteiger charge is 2.35. The zero-order valence-corrected chi connectivity index (χ0v) is 21.8. The van der Waals surface area contributed by atoms with Gasteiger partial charge >= 0.3 is 0 Å². The Morgan fingerprint density at radius 2 is 1.89 bits per heavy atom. The second kappa shape index (κ2) is 11.6. The third kappa shape index (κ3) is 5.55. The number of rotatable bonds is 8. The topological polar surface area (TPSA) is 88.3 Å². The molecule has 1 aliphatic rings. The van der Waals surface area contributed by atoms with Gasteiger partial charge < -0.3 is 10.0 Å². The van der Waals surface area contributed by atoms with Crippen molar-refractivity contribution in [1.29, 1.82) is 0 Å². The Hall–Kier alpha value is -3.40. The second-order valence-corrected chi connectivity index (χ2v) is 9.83. The molecule has 2 aromatic heterocycles. The van der Waals surface area contributed by atoms with E-state index in [9.17, 15) is 27.9 Å². The molecule has 1 saturated heterocycles. The van der Waals surface area contributed by atoms with Crippen LogP contribution in [0.2, 0.25) is 5.02 Å². The number of halogens is 4. The summed E-state index contributed by atoms with van der Waals surface area (Å²) < 4.78 is 43.8. The van der Waals surface area contributed by atoms with Crippen LogP contribution in [-0.4, -0.2) is 43.5 Å². The summed E-state index contributed by atoms with van der Waals surface area (Å²) in [6, 6.07) is 3.35. The first kappa shape index (κ1) is 27.6. The molecule has 7 nitrogen and oxygen atoms in total. The van der Waals surface area contributed by atoms with Crippen LogP contribution in [0.5, 0.6) is 5.88 Å². The molecule has 0 saturated carbocycles. The van der Waals surface area contributed by atoms with Crippen LogP contribution in [0.3, 0.4) is 0 Å². The van der Waals surface area contributed by atoms with Crippen LogP contribution < -0.4 is 5.56 Å². The lowest BCUT2D eigenvalue weighted by Crippen LogP contribution is -2.38. The summed E-state index contributed by atoms with van der Waals surface area (Å²) in [5.74, 6) is -3.84. The van der Waals surface area contributed by atoms with E-state index in [0.29, 0.717) is 19.3 Å². The van der Waals surface area contributed by atoms with Gasteiger partial charge in [-0.15, -0.1) is 0 Å². The Labute approximate surface area is 222 Å². The van der Waals surface area contributed by atoms with Crippen molar-refractivity contribution in [2.24, 2.45) is 0 Å². The zero-order valence-electron chi connectivity index (χ0n) is 21.1. The van der Waals surface area contributed by atoms with Crippen molar-refractivity contribution in [3.63, 3.8) is 0 Å². The highest BCUT2D eigenvalue weighted by Crippen LogP contribution is 2.31. The Bertz CT molecular complexity index is 1390. The van der Waals surface area contributed by atoms with Crippen LogP contribution in [0.25, 0.3) is 0 Å². The molecule has 2 atom stereocenters. The van der Waals surface area contributed by atoms with Crippen molar-refractivity contribution < 1.29 is 23.1 Å². The molecule has 1 aromatic carbocycles. The van der Waals surface area contributed by atoms with Gasteiger partial charge in [0, 0.05) is 37.7 Å². The molecule has 0 spiro atoms. The second-order valence-electron chi connectivity index (χ2n) is 9.39. The fourth-order valence-electron chi connectivity index (χ4n) is 4.97. The molecule has 1 unspecified atom stereocenters. The fourth-order valence-corrected chi connectivity index (χ4v) is 5.12. The Balaban J connectivity index is 1.75. The van der Waals surface area contributed by atoms with Crippen LogP contribution in [0.4, 0.5) is 13.2 Å². The van der Waals surface area contributed by atoms with Crippen molar-refractivity contribution in [3.8, 4) is 5.88 Å². The number of hydrogen-bond donors (Lipinski definition) is 1. The third-order valence-electron chi connectivity index (χ3n) is 6.80. The molecule has 1 aliphatic heterocycles. The molecule has 0 bridgehead atoms. The van der Waals surface area contributed by atoms with Crippen molar-refractivity contribution in [1.82, 2.24) is 19.4 Å². The predicted octanol–water partition coefficient (Wildman–Crippen LogP) is 5.39. The molecule has 3 aromatic rings. The number of aryl methyl sites for hydroxylation is 1. The van der Waals surface area contributed by atoms with Gasteiger partial charge in [0.05, 0.1) is 16.8 Å². The number of hydrogen-bond acceptors (Lipinski definition) is 5. The highest BCUT2D eigenvalue weighted by atomic mass is 35.5. The maximum atomic E-state index is 14.4. The molecule has 38 heavy (non-hydrogen) atoms. The number of amides is 1. The summed E-state index contributed by atoms with van der Waals surface area (Å²) in [4.78, 5) is 36.9. The van der Waals surface area contributed by atoms with Crippen LogP contribution in [0.1, 0.15) is 78.9 Å². The number of carbonyl (C=O) groups excluding carboxylic acids is 1. The Morgan fingerprint density at radius 3 is 2.53 bits per heavy atom. The van der Waals surface area contributed by atoms with Gasteiger partial charge in [-0.05, 0) is 43.0 Å². The lowest BCUT2D eigenvalue weighted by molar-refractivity contribution is 0.0783. The molecule has 11 heteroatoms. The largest absolute Gasteiger partial charge is 0.493 e. The van der Waals surface area contributed by atoms with Gasteiger partial charge in [-0.1, -0.05) is 31.9 Å². The molecule has 1 fully saturated rings. The number of pyridine rings is 1. The lowest BCUT2D eigenvalue weighted by atomic mass is 10.0. The number of aromatic hydroxyl groups is 1. The molecule has 202 valence electrons. The summed E-state index contributed by atoms with van der Waals surface area (Å²) in [5.41, 5.74) is -0.963. The smallest absolute Gasteiger partial charge is 0.270 e. The first-order valence-electron chi connectivity index (χ1n) is 12.5. The average molecular weight is 549 g/mol. The minimum Gasteiger partial charge on any atom is -0.493 e. The minimum atomic E-state index is -0.821. The number of aromatic nitrogens is 3. The summed E-state index contributed by atoms with van der Waals surface area (Å²) in [6.07, 6.45) is 3.72. The molecule has 4 rings (SSSR count). The number of unbranched alkanes of at least 4 members (excludes halogenated alkanes) is 1. The number of likely N-dealkylation sites (tertiary alicyclic amines) is 1. The monoisotopic (exact) mass is 548 g/mol. The van der Waals surface area contributed by atoms with Gasteiger partial charge in [-0.25, -0.2) is 13.2 Å². The van der Waals surface area contributed by atoms with Gasteiger partial charge in [0.25, 0.3) is 11.5 Å². The van der Waals surface area contributed by atoms with Crippen LogP contribution >= 0.6 is 11.6 Å². The predicted molar refractivity (Wildman–Crippen MR) is 136 cm³/mol. The van der Waals surface area contributed by atoms with Crippen LogP contribution in [0, 0.1) is 17.5 Å². The van der Waals surface area contributed by atoms with Gasteiger partial charge in [0.2, 0.25) is 5.88 Å². The first-order valence-corrected chi connectivity index (χ1v) is 12.9. The maximum Gasteiger partial charge on any atom is 0.270 e. The zero-order chi connectivity index (χ0) is 27.6. The maximum absolute atomic E-state index is 14.4. The van der Waals surface area contributed by atoms with Crippen LogP contribution in [0.15, 0.2) is 35.3 Å². The van der Waals surface area contributed by atoms with Crippen LogP contribution in [-0.2, 0) is 6.42 Å². The molecule has 3 heterocycles. The van der Waals surface area contributed by atoms with Gasteiger partial charge in [0.1, 0.15) is 23.3 Å². The van der Waals surface area contributed by atoms with E-state index in [1.54, 1.807) is 6.92 Å². The first-order chi connectivity index (χ1) is 18.1. The van der Waals surface area contributed by atoms with E-state index in [1.165, 1.54) is 15.7 Å². The van der Waals surface area contributed by atoms with E-state index in [2.05, 4.69) is 9.97 Å². The minimum absolute atomic E-state index is 0.0766. The van der Waals surface area contributed by atoms with E-state index < -0.39 is 52.3 Å². The quantitative estimate of drug-likeness (QED) is 0.408. The van der Waals surface area contributed by atoms with E-state index in [4.69, 9.17) is 11.6 Å². The van der Waals surface area contributed by atoms with Crippen molar-refractivity contribution in [2.75, 3.05) is 13.1 Å². The van der Waals surface area contributed by atoms with E-state index >= 15 is 0 Å². The van der Waals surface area contributed by atoms with E-state index in [-0.39, 0.29) is 41.6 Å². The summed E-state index contributed by atoms with van der Waals surface area (Å²) >= 11 is 5.80.